The van der Waals surface area contributed by atoms with E-state index in [0.717, 1.165) is 22.6 Å². The molecule has 3 rings (SSSR count). The number of hydrogen-bond donors (Lipinski definition) is 0. The number of rotatable bonds is 5. The normalized spacial score (nSPS) is 16.3. The van der Waals surface area contributed by atoms with Crippen LogP contribution in [-0.2, 0) is 25.6 Å². The summed E-state index contributed by atoms with van der Waals surface area (Å²) in [4.78, 5) is 29.6. The maximum absolute atomic E-state index is 12.9. The van der Waals surface area contributed by atoms with Crippen LogP contribution in [0, 0.1) is 0 Å². The van der Waals surface area contributed by atoms with Crippen LogP contribution in [0.5, 0.6) is 0 Å². The first kappa shape index (κ1) is 20.1. The summed E-state index contributed by atoms with van der Waals surface area (Å²) in [6.07, 6.45) is 0.922. The van der Waals surface area contributed by atoms with Crippen LogP contribution in [0.15, 0.2) is 48.2 Å². The Kier molecular flexibility index (Phi) is 5.59. The summed E-state index contributed by atoms with van der Waals surface area (Å²) in [6.45, 7) is 5.83. The van der Waals surface area contributed by atoms with E-state index in [0.29, 0.717) is 17.1 Å². The van der Waals surface area contributed by atoms with Crippen molar-refractivity contribution in [3.8, 4) is 11.1 Å². The van der Waals surface area contributed by atoms with Crippen LogP contribution in [0.4, 0.5) is 0 Å². The van der Waals surface area contributed by atoms with E-state index in [2.05, 4.69) is 19.1 Å². The topological polar surface area (TPSA) is 55.8 Å². The monoisotopic (exact) mass is 399 g/mol. The van der Waals surface area contributed by atoms with E-state index in [-0.39, 0.29) is 11.3 Å². The Morgan fingerprint density at radius 1 is 1.18 bits per heavy atom. The molecule has 0 radical (unpaired) electrons. The average molecular weight is 400 g/mol. The molecule has 2 aromatic carbocycles. The van der Waals surface area contributed by atoms with Gasteiger partial charge in [0.15, 0.2) is 5.76 Å². The lowest BCUT2D eigenvalue weighted by Gasteiger charge is -2.37. The first-order valence-corrected chi connectivity index (χ1v) is 9.37. The molecule has 0 aromatic heterocycles. The molecule has 0 N–H and O–H groups in total. The quantitative estimate of drug-likeness (QED) is 0.687. The van der Waals surface area contributed by atoms with Gasteiger partial charge in [0.2, 0.25) is 0 Å². The molecule has 0 unspecified atom stereocenters. The molecule has 0 spiro atoms. The number of halogens is 1. The third-order valence-corrected chi connectivity index (χ3v) is 5.04. The number of hydrogen-bond acceptors (Lipinski definition) is 4. The van der Waals surface area contributed by atoms with Crippen LogP contribution in [0.3, 0.4) is 0 Å². The number of carbonyl (C=O) groups is 2. The molecule has 0 fully saturated rings. The molecule has 1 heterocycles. The maximum Gasteiger partial charge on any atom is 0.298 e. The Balaban J connectivity index is 2.23. The van der Waals surface area contributed by atoms with Gasteiger partial charge in [-0.1, -0.05) is 48.9 Å². The zero-order chi connectivity index (χ0) is 20.5. The molecule has 0 saturated heterocycles. The number of likely N-dealkylation sites (N-methyl/N-ethyl adjacent to an activating group) is 1. The summed E-state index contributed by atoms with van der Waals surface area (Å²) in [7, 11) is 1.52. The first-order chi connectivity index (χ1) is 13.3. The molecule has 146 valence electrons. The molecule has 1 amide bonds. The number of amides is 1. The van der Waals surface area contributed by atoms with Crippen molar-refractivity contribution >= 4 is 29.6 Å². The highest BCUT2D eigenvalue weighted by atomic mass is 35.5. The lowest BCUT2D eigenvalue weighted by molar-refractivity contribution is -0.220. The molecule has 5 nitrogen and oxygen atoms in total. The van der Waals surface area contributed by atoms with Gasteiger partial charge in [-0.2, -0.15) is 0 Å². The van der Waals surface area contributed by atoms with Crippen molar-refractivity contribution in [2.45, 2.75) is 32.8 Å². The van der Waals surface area contributed by atoms with Crippen molar-refractivity contribution < 1.29 is 19.2 Å². The Morgan fingerprint density at radius 3 is 2.57 bits per heavy atom. The number of hydroxylamine groups is 2. The van der Waals surface area contributed by atoms with Crippen molar-refractivity contribution in [2.75, 3.05) is 7.05 Å². The van der Waals surface area contributed by atoms with Gasteiger partial charge in [-0.05, 0) is 49.1 Å². The van der Waals surface area contributed by atoms with E-state index in [1.54, 1.807) is 19.9 Å². The lowest BCUT2D eigenvalue weighted by atomic mass is 9.92. The van der Waals surface area contributed by atoms with Gasteiger partial charge in [-0.15, -0.1) is 0 Å². The highest BCUT2D eigenvalue weighted by Gasteiger charge is 2.42. The minimum Gasteiger partial charge on any atom is -0.429 e. The van der Waals surface area contributed by atoms with E-state index < -0.39 is 11.5 Å². The standard InChI is InChI=1S/C22H22ClNO4/c1-5-14-7-6-8-15(11-14)16-9-10-18(23)17(12-16)19-20(27-13-25)22(2,3)28-24(4)21(19)26/h6-13H,5H2,1-4H3. The van der Waals surface area contributed by atoms with Gasteiger partial charge in [0.25, 0.3) is 12.4 Å². The zero-order valence-corrected chi connectivity index (χ0v) is 17.0. The van der Waals surface area contributed by atoms with E-state index >= 15 is 0 Å². The van der Waals surface area contributed by atoms with Crippen molar-refractivity contribution in [2.24, 2.45) is 0 Å². The molecular formula is C22H22ClNO4. The fraction of sp³-hybridized carbons (Fsp3) is 0.273. The maximum atomic E-state index is 12.9. The second-order valence-corrected chi connectivity index (χ2v) is 7.48. The molecule has 6 heteroatoms. The average Bonchev–Trinajstić information content (AvgIpc) is 2.67. The van der Waals surface area contributed by atoms with Crippen molar-refractivity contribution in [3.63, 3.8) is 0 Å². The van der Waals surface area contributed by atoms with Gasteiger partial charge in [-0.3, -0.25) is 14.4 Å². The molecule has 1 aliphatic rings. The van der Waals surface area contributed by atoms with Crippen LogP contribution in [0.1, 0.15) is 31.9 Å². The van der Waals surface area contributed by atoms with Crippen LogP contribution >= 0.6 is 11.6 Å². The van der Waals surface area contributed by atoms with Crippen LogP contribution < -0.4 is 0 Å². The molecule has 1 aliphatic heterocycles. The molecule has 0 saturated carbocycles. The van der Waals surface area contributed by atoms with E-state index in [9.17, 15) is 9.59 Å². The predicted molar refractivity (Wildman–Crippen MR) is 108 cm³/mol. The molecular weight excluding hydrogens is 378 g/mol. The Labute approximate surface area is 169 Å². The lowest BCUT2D eigenvalue weighted by Crippen LogP contribution is -2.45. The fourth-order valence-corrected chi connectivity index (χ4v) is 3.55. The Hall–Kier alpha value is -2.63. The van der Waals surface area contributed by atoms with Gasteiger partial charge >= 0.3 is 0 Å². The van der Waals surface area contributed by atoms with Crippen molar-refractivity contribution in [3.05, 3.63) is 64.4 Å². The first-order valence-electron chi connectivity index (χ1n) is 9.00. The zero-order valence-electron chi connectivity index (χ0n) is 16.3. The number of nitrogens with zero attached hydrogens (tertiary/aromatic N) is 1. The summed E-state index contributed by atoms with van der Waals surface area (Å²) in [5, 5.41) is 1.52. The Morgan fingerprint density at radius 2 is 1.89 bits per heavy atom. The largest absolute Gasteiger partial charge is 0.429 e. The van der Waals surface area contributed by atoms with Crippen molar-refractivity contribution in [1.82, 2.24) is 5.06 Å². The van der Waals surface area contributed by atoms with E-state index in [1.165, 1.54) is 12.6 Å². The van der Waals surface area contributed by atoms with Crippen molar-refractivity contribution in [1.29, 1.82) is 0 Å². The summed E-state index contributed by atoms with van der Waals surface area (Å²) in [5.41, 5.74) is 2.83. The third-order valence-electron chi connectivity index (χ3n) is 4.71. The summed E-state index contributed by atoms with van der Waals surface area (Å²) in [6, 6.07) is 13.7. The van der Waals surface area contributed by atoms with Gasteiger partial charge in [-0.25, -0.2) is 5.06 Å². The SMILES string of the molecule is CCc1cccc(-c2ccc(Cl)c(C3=C(OC=O)C(C)(C)ON(C)C3=O)c2)c1. The Bertz CT molecular complexity index is 965. The van der Waals surface area contributed by atoms with Gasteiger partial charge in [0.1, 0.15) is 5.60 Å². The smallest absolute Gasteiger partial charge is 0.298 e. The van der Waals surface area contributed by atoms with Gasteiger partial charge in [0, 0.05) is 17.6 Å². The summed E-state index contributed by atoms with van der Waals surface area (Å²) < 4.78 is 5.19. The molecule has 0 aliphatic carbocycles. The second kappa shape index (κ2) is 7.78. The number of benzene rings is 2. The van der Waals surface area contributed by atoms with Crippen LogP contribution in [-0.4, -0.2) is 30.1 Å². The van der Waals surface area contributed by atoms with E-state index in [1.807, 2.05) is 24.3 Å². The highest BCUT2D eigenvalue weighted by molar-refractivity contribution is 6.35. The molecule has 0 bridgehead atoms. The fourth-order valence-electron chi connectivity index (χ4n) is 3.33. The predicted octanol–water partition coefficient (Wildman–Crippen LogP) is 4.64. The van der Waals surface area contributed by atoms with E-state index in [4.69, 9.17) is 21.2 Å². The minimum atomic E-state index is -1.01. The summed E-state index contributed by atoms with van der Waals surface area (Å²) >= 11 is 6.46. The minimum absolute atomic E-state index is 0.131. The third kappa shape index (κ3) is 3.68. The second-order valence-electron chi connectivity index (χ2n) is 7.07. The van der Waals surface area contributed by atoms with Gasteiger partial charge in [0.05, 0.1) is 5.57 Å². The molecule has 0 atom stereocenters. The van der Waals surface area contributed by atoms with Gasteiger partial charge < -0.3 is 4.74 Å². The summed E-state index contributed by atoms with van der Waals surface area (Å²) in [5.74, 6) is -0.301. The van der Waals surface area contributed by atoms with Crippen LogP contribution in [0.25, 0.3) is 16.7 Å². The molecule has 2 aromatic rings. The number of carbonyl (C=O) groups excluding carboxylic acids is 2. The van der Waals surface area contributed by atoms with Crippen LogP contribution in [0.2, 0.25) is 5.02 Å². The number of aryl methyl sites for hydroxylation is 1. The highest BCUT2D eigenvalue weighted by Crippen LogP contribution is 2.39. The number of ether oxygens (including phenoxy) is 1. The molecule has 28 heavy (non-hydrogen) atoms.